The highest BCUT2D eigenvalue weighted by Gasteiger charge is 2.08. The zero-order valence-electron chi connectivity index (χ0n) is 10.6. The summed E-state index contributed by atoms with van der Waals surface area (Å²) in [6.07, 6.45) is 0.00511. The molecule has 0 atom stereocenters. The fourth-order valence-corrected chi connectivity index (χ4v) is 2.27. The molecule has 5 nitrogen and oxygen atoms in total. The zero-order chi connectivity index (χ0) is 14.6. The Balaban J connectivity index is 1.97. The maximum absolute atomic E-state index is 11.8. The number of esters is 1. The molecule has 0 bridgehead atoms. The van der Waals surface area contributed by atoms with Gasteiger partial charge >= 0.3 is 5.97 Å². The molecule has 20 heavy (non-hydrogen) atoms. The van der Waals surface area contributed by atoms with E-state index >= 15 is 0 Å². The molecule has 2 rings (SSSR count). The molecule has 0 unspecified atom stereocenters. The molecular weight excluding hydrogens is 280 g/mol. The van der Waals surface area contributed by atoms with E-state index in [0.717, 1.165) is 10.8 Å². The van der Waals surface area contributed by atoms with Gasteiger partial charge < -0.3 is 9.29 Å². The number of carbonyl (C=O) groups excluding carboxylic acids is 1. The van der Waals surface area contributed by atoms with Gasteiger partial charge in [0, 0.05) is 5.75 Å². The topological polar surface area (TPSA) is 83.5 Å². The number of benzene rings is 2. The molecule has 2 aromatic carbocycles. The van der Waals surface area contributed by atoms with Crippen LogP contribution in [0.25, 0.3) is 10.8 Å². The van der Waals surface area contributed by atoms with Crippen molar-refractivity contribution in [3.63, 3.8) is 0 Å². The van der Waals surface area contributed by atoms with Crippen LogP contribution in [0.3, 0.4) is 0 Å². The number of fused-ring (bicyclic) bond motifs is 1. The maximum Gasteiger partial charge on any atom is 0.338 e. The molecule has 0 fully saturated rings. The molecule has 0 aliphatic rings. The van der Waals surface area contributed by atoms with Crippen LogP contribution in [0.5, 0.6) is 0 Å². The number of rotatable bonds is 5. The Morgan fingerprint density at radius 1 is 1.10 bits per heavy atom. The van der Waals surface area contributed by atoms with E-state index in [9.17, 15) is 17.8 Å². The predicted octanol–water partition coefficient (Wildman–Crippen LogP) is 1.93. The molecule has 0 amide bonds. The highest BCUT2D eigenvalue weighted by molar-refractivity contribution is 7.85. The monoisotopic (exact) mass is 293 g/mol. The summed E-state index contributed by atoms with van der Waals surface area (Å²) >= 11 is 0. The molecule has 0 radical (unpaired) electrons. The largest absolute Gasteiger partial charge is 0.748 e. The van der Waals surface area contributed by atoms with Gasteiger partial charge in [-0.2, -0.15) is 0 Å². The summed E-state index contributed by atoms with van der Waals surface area (Å²) in [5.41, 5.74) is 0.397. The van der Waals surface area contributed by atoms with Gasteiger partial charge in [0.05, 0.1) is 22.3 Å². The van der Waals surface area contributed by atoms with Crippen molar-refractivity contribution >= 4 is 26.9 Å². The number of hydrogen-bond donors (Lipinski definition) is 0. The van der Waals surface area contributed by atoms with Crippen LogP contribution < -0.4 is 0 Å². The van der Waals surface area contributed by atoms with Gasteiger partial charge in [-0.25, -0.2) is 13.2 Å². The Morgan fingerprint density at radius 3 is 2.50 bits per heavy atom. The standard InChI is InChI=1S/C14H14O5S/c15-14(19-8-3-9-20(16,17)18)13-7-6-11-4-1-2-5-12(11)10-13/h1-2,4-7,10H,3,8-9H2,(H,16,17,18)/p-1. The molecule has 106 valence electrons. The molecule has 0 saturated heterocycles. The smallest absolute Gasteiger partial charge is 0.338 e. The van der Waals surface area contributed by atoms with E-state index in [1.807, 2.05) is 30.3 Å². The first kappa shape index (κ1) is 14.5. The highest BCUT2D eigenvalue weighted by Crippen LogP contribution is 2.16. The Hall–Kier alpha value is -1.92. The first-order chi connectivity index (χ1) is 9.46. The second-order valence-electron chi connectivity index (χ2n) is 4.31. The average molecular weight is 293 g/mol. The van der Waals surface area contributed by atoms with E-state index in [1.165, 1.54) is 0 Å². The van der Waals surface area contributed by atoms with Crippen LogP contribution in [0.4, 0.5) is 0 Å². The highest BCUT2D eigenvalue weighted by atomic mass is 32.2. The summed E-state index contributed by atoms with van der Waals surface area (Å²) in [5.74, 6) is -1.06. The van der Waals surface area contributed by atoms with Gasteiger partial charge in [0.1, 0.15) is 0 Å². The molecule has 0 spiro atoms. The van der Waals surface area contributed by atoms with E-state index in [0.29, 0.717) is 5.56 Å². The SMILES string of the molecule is O=C(OCCCS(=O)(=O)[O-])c1ccc2ccccc2c1. The van der Waals surface area contributed by atoms with Crippen LogP contribution in [0.15, 0.2) is 42.5 Å². The van der Waals surface area contributed by atoms with E-state index in [-0.39, 0.29) is 13.0 Å². The lowest BCUT2D eigenvalue weighted by atomic mass is 10.1. The first-order valence-electron chi connectivity index (χ1n) is 6.05. The Labute approximate surface area is 116 Å². The average Bonchev–Trinajstić information content (AvgIpc) is 2.42. The second kappa shape index (κ2) is 6.02. The zero-order valence-corrected chi connectivity index (χ0v) is 11.4. The van der Waals surface area contributed by atoms with Gasteiger partial charge in [0.2, 0.25) is 0 Å². The molecule has 0 aliphatic carbocycles. The molecule has 0 saturated carbocycles. The van der Waals surface area contributed by atoms with Gasteiger partial charge in [-0.3, -0.25) is 0 Å². The number of carbonyl (C=O) groups is 1. The summed E-state index contributed by atoms with van der Waals surface area (Å²) in [4.78, 5) is 11.8. The van der Waals surface area contributed by atoms with E-state index < -0.39 is 21.8 Å². The minimum atomic E-state index is -4.26. The van der Waals surface area contributed by atoms with Crippen LogP contribution in [-0.4, -0.2) is 31.3 Å². The van der Waals surface area contributed by atoms with E-state index in [1.54, 1.807) is 12.1 Å². The Kier molecular flexibility index (Phi) is 4.36. The summed E-state index contributed by atoms with van der Waals surface area (Å²) in [7, 11) is -4.26. The van der Waals surface area contributed by atoms with Crippen LogP contribution in [0, 0.1) is 0 Å². The minimum Gasteiger partial charge on any atom is -0.748 e. The predicted molar refractivity (Wildman–Crippen MR) is 73.4 cm³/mol. The van der Waals surface area contributed by atoms with Crippen molar-refractivity contribution in [2.75, 3.05) is 12.4 Å². The van der Waals surface area contributed by atoms with Gasteiger partial charge in [0.15, 0.2) is 0 Å². The quantitative estimate of drug-likeness (QED) is 0.478. The van der Waals surface area contributed by atoms with Gasteiger partial charge in [0.25, 0.3) is 0 Å². The van der Waals surface area contributed by atoms with Crippen molar-refractivity contribution in [2.24, 2.45) is 0 Å². The molecule has 0 aromatic heterocycles. The third-order valence-corrected chi connectivity index (χ3v) is 3.55. The number of ether oxygens (including phenoxy) is 1. The lowest BCUT2D eigenvalue weighted by Gasteiger charge is -2.08. The van der Waals surface area contributed by atoms with Crippen molar-refractivity contribution in [3.05, 3.63) is 48.0 Å². The van der Waals surface area contributed by atoms with E-state index in [2.05, 4.69) is 0 Å². The van der Waals surface area contributed by atoms with Crippen LogP contribution in [0.1, 0.15) is 16.8 Å². The Bertz CT molecular complexity index is 721. The van der Waals surface area contributed by atoms with Crippen molar-refractivity contribution in [2.45, 2.75) is 6.42 Å². The summed E-state index contributed by atoms with van der Waals surface area (Å²) < 4.78 is 36.1. The maximum atomic E-state index is 11.8. The minimum absolute atomic E-state index is 0.00511. The van der Waals surface area contributed by atoms with Crippen molar-refractivity contribution in [1.82, 2.24) is 0 Å². The lowest BCUT2D eigenvalue weighted by Crippen LogP contribution is -2.11. The summed E-state index contributed by atoms with van der Waals surface area (Å²) in [6.45, 7) is -0.0901. The third kappa shape index (κ3) is 4.04. The Morgan fingerprint density at radius 2 is 1.80 bits per heavy atom. The van der Waals surface area contributed by atoms with E-state index in [4.69, 9.17) is 4.74 Å². The normalized spacial score (nSPS) is 11.4. The third-order valence-electron chi connectivity index (χ3n) is 2.76. The molecule has 6 heteroatoms. The van der Waals surface area contributed by atoms with Gasteiger partial charge in [-0.1, -0.05) is 30.3 Å². The van der Waals surface area contributed by atoms with Gasteiger partial charge in [-0.05, 0) is 29.3 Å². The van der Waals surface area contributed by atoms with Crippen molar-refractivity contribution in [1.29, 1.82) is 0 Å². The van der Waals surface area contributed by atoms with Crippen molar-refractivity contribution < 1.29 is 22.5 Å². The van der Waals surface area contributed by atoms with Crippen molar-refractivity contribution in [3.8, 4) is 0 Å². The summed E-state index contributed by atoms with van der Waals surface area (Å²) in [5, 5.41) is 1.94. The lowest BCUT2D eigenvalue weighted by molar-refractivity contribution is 0.0505. The van der Waals surface area contributed by atoms with Gasteiger partial charge in [-0.15, -0.1) is 0 Å². The van der Waals surface area contributed by atoms with Crippen LogP contribution in [-0.2, 0) is 14.9 Å². The first-order valence-corrected chi connectivity index (χ1v) is 7.63. The molecule has 2 aromatic rings. The number of hydrogen-bond acceptors (Lipinski definition) is 5. The fourth-order valence-electron chi connectivity index (χ4n) is 1.80. The van der Waals surface area contributed by atoms with Crippen LogP contribution >= 0.6 is 0 Å². The van der Waals surface area contributed by atoms with Crippen LogP contribution in [0.2, 0.25) is 0 Å². The molecule has 0 aliphatic heterocycles. The molecule has 0 heterocycles. The molecular formula is C14H13O5S-. The molecule has 0 N–H and O–H groups in total. The second-order valence-corrected chi connectivity index (χ2v) is 5.84. The fraction of sp³-hybridized carbons (Fsp3) is 0.214. The summed E-state index contributed by atoms with van der Waals surface area (Å²) in [6, 6.07) is 12.8.